The van der Waals surface area contributed by atoms with Crippen molar-refractivity contribution in [1.82, 2.24) is 9.78 Å². The van der Waals surface area contributed by atoms with Crippen LogP contribution < -0.4 is 5.32 Å². The molecule has 0 spiro atoms. The summed E-state index contributed by atoms with van der Waals surface area (Å²) in [5, 5.41) is 15.5. The summed E-state index contributed by atoms with van der Waals surface area (Å²) in [4.78, 5) is 12.0. The number of anilines is 1. The molecule has 1 N–H and O–H groups in total. The van der Waals surface area contributed by atoms with Crippen molar-refractivity contribution in [3.05, 3.63) is 47.0 Å². The van der Waals surface area contributed by atoms with Gasteiger partial charge in [-0.15, -0.1) is 0 Å². The second-order valence-electron chi connectivity index (χ2n) is 4.06. The third-order valence-corrected chi connectivity index (χ3v) is 2.61. The number of nitrogens with one attached hydrogen (secondary N) is 1. The fourth-order valence-electron chi connectivity index (χ4n) is 1.73. The summed E-state index contributed by atoms with van der Waals surface area (Å²) < 4.78 is 14.5. The molecule has 0 fully saturated rings. The van der Waals surface area contributed by atoms with Gasteiger partial charge in [0, 0.05) is 13.2 Å². The van der Waals surface area contributed by atoms with E-state index < -0.39 is 5.82 Å². The lowest BCUT2D eigenvalue weighted by Gasteiger charge is -2.06. The van der Waals surface area contributed by atoms with E-state index in [1.165, 1.54) is 16.8 Å². The highest BCUT2D eigenvalue weighted by Gasteiger charge is 2.14. The second kappa shape index (κ2) is 4.90. The van der Waals surface area contributed by atoms with Crippen LogP contribution in [0, 0.1) is 24.1 Å². The highest BCUT2D eigenvalue weighted by molar-refractivity contribution is 6.05. The van der Waals surface area contributed by atoms with Gasteiger partial charge in [0.15, 0.2) is 0 Å². The number of carbonyl (C=O) groups excluding carboxylic acids is 1. The molecule has 0 saturated carbocycles. The molecule has 96 valence electrons. The van der Waals surface area contributed by atoms with Crippen molar-refractivity contribution in [1.29, 1.82) is 5.26 Å². The molecular weight excluding hydrogens is 247 g/mol. The zero-order chi connectivity index (χ0) is 14.0. The maximum atomic E-state index is 13.0. The molecule has 6 heteroatoms. The Morgan fingerprint density at radius 3 is 2.84 bits per heavy atom. The van der Waals surface area contributed by atoms with Crippen LogP contribution in [0.25, 0.3) is 0 Å². The zero-order valence-electron chi connectivity index (χ0n) is 10.4. The number of carbonyl (C=O) groups is 1. The highest BCUT2D eigenvalue weighted by Crippen LogP contribution is 2.17. The molecule has 2 rings (SSSR count). The summed E-state index contributed by atoms with van der Waals surface area (Å²) >= 11 is 0. The van der Waals surface area contributed by atoms with Crippen molar-refractivity contribution in [2.24, 2.45) is 7.05 Å². The Bertz CT molecular complexity index is 684. The number of nitriles is 1. The standard InChI is InChI=1S/C13H11FN4O/c1-8-11(7-18(2)17-8)13(19)16-12-4-3-10(14)5-9(12)6-15/h3-5,7H,1-2H3,(H,16,19). The number of halogens is 1. The van der Waals surface area contributed by atoms with Crippen LogP contribution in [-0.4, -0.2) is 15.7 Å². The van der Waals surface area contributed by atoms with Gasteiger partial charge in [0.1, 0.15) is 11.9 Å². The lowest BCUT2D eigenvalue weighted by molar-refractivity contribution is 0.102. The Labute approximate surface area is 109 Å². The van der Waals surface area contributed by atoms with E-state index in [1.54, 1.807) is 20.2 Å². The Hall–Kier alpha value is -2.68. The van der Waals surface area contributed by atoms with Crippen LogP contribution in [0.4, 0.5) is 10.1 Å². The van der Waals surface area contributed by atoms with Gasteiger partial charge < -0.3 is 5.32 Å². The number of hydrogen-bond acceptors (Lipinski definition) is 3. The van der Waals surface area contributed by atoms with Crippen LogP contribution in [0.3, 0.4) is 0 Å². The van der Waals surface area contributed by atoms with E-state index in [0.717, 1.165) is 6.07 Å². The summed E-state index contributed by atoms with van der Waals surface area (Å²) in [6.07, 6.45) is 1.58. The zero-order valence-corrected chi connectivity index (χ0v) is 10.4. The van der Waals surface area contributed by atoms with Crippen molar-refractivity contribution in [3.8, 4) is 6.07 Å². The van der Waals surface area contributed by atoms with Crippen molar-refractivity contribution < 1.29 is 9.18 Å². The average Bonchev–Trinajstić information content (AvgIpc) is 2.70. The molecule has 2 aromatic rings. The number of aryl methyl sites for hydroxylation is 2. The first-order valence-corrected chi connectivity index (χ1v) is 5.52. The topological polar surface area (TPSA) is 70.7 Å². The smallest absolute Gasteiger partial charge is 0.259 e. The van der Waals surface area contributed by atoms with E-state index in [1.807, 2.05) is 6.07 Å². The minimum absolute atomic E-state index is 0.0786. The SMILES string of the molecule is Cc1nn(C)cc1C(=O)Nc1ccc(F)cc1C#N. The minimum atomic E-state index is -0.521. The van der Waals surface area contributed by atoms with E-state index in [0.29, 0.717) is 11.3 Å². The maximum absolute atomic E-state index is 13.0. The predicted octanol–water partition coefficient (Wildman–Crippen LogP) is 1.99. The van der Waals surface area contributed by atoms with Gasteiger partial charge in [0.2, 0.25) is 0 Å². The van der Waals surface area contributed by atoms with E-state index in [2.05, 4.69) is 10.4 Å². The van der Waals surface area contributed by atoms with Gasteiger partial charge in [0.05, 0.1) is 22.5 Å². The number of aromatic nitrogens is 2. The van der Waals surface area contributed by atoms with Crippen molar-refractivity contribution >= 4 is 11.6 Å². The first kappa shape index (κ1) is 12.8. The number of hydrogen-bond donors (Lipinski definition) is 1. The third-order valence-electron chi connectivity index (χ3n) is 2.61. The Morgan fingerprint density at radius 2 is 2.26 bits per heavy atom. The lowest BCUT2D eigenvalue weighted by Crippen LogP contribution is -2.13. The summed E-state index contributed by atoms with van der Waals surface area (Å²) in [6.45, 7) is 1.71. The largest absolute Gasteiger partial charge is 0.321 e. The van der Waals surface area contributed by atoms with Gasteiger partial charge in [-0.05, 0) is 25.1 Å². The predicted molar refractivity (Wildman–Crippen MR) is 67.0 cm³/mol. The first-order chi connectivity index (χ1) is 9.01. The fourth-order valence-corrected chi connectivity index (χ4v) is 1.73. The van der Waals surface area contributed by atoms with Crippen molar-refractivity contribution in [3.63, 3.8) is 0 Å². The van der Waals surface area contributed by atoms with Crippen LogP contribution in [0.2, 0.25) is 0 Å². The Morgan fingerprint density at radius 1 is 1.53 bits per heavy atom. The molecule has 0 atom stereocenters. The number of rotatable bonds is 2. The Kier molecular flexibility index (Phi) is 3.29. The van der Waals surface area contributed by atoms with Crippen molar-refractivity contribution in [2.75, 3.05) is 5.32 Å². The summed E-state index contributed by atoms with van der Waals surface area (Å²) in [5.41, 5.74) is 1.35. The van der Waals surface area contributed by atoms with E-state index in [9.17, 15) is 9.18 Å². The van der Waals surface area contributed by atoms with Crippen LogP contribution in [0.5, 0.6) is 0 Å². The van der Waals surface area contributed by atoms with Gasteiger partial charge in [-0.2, -0.15) is 10.4 Å². The fraction of sp³-hybridized carbons (Fsp3) is 0.154. The van der Waals surface area contributed by atoms with E-state index in [-0.39, 0.29) is 17.2 Å². The average molecular weight is 258 g/mol. The van der Waals surface area contributed by atoms with Crippen LogP contribution in [0.1, 0.15) is 21.6 Å². The quantitative estimate of drug-likeness (QED) is 0.895. The summed E-state index contributed by atoms with van der Waals surface area (Å²) in [7, 11) is 1.71. The third kappa shape index (κ3) is 2.60. The van der Waals surface area contributed by atoms with Crippen molar-refractivity contribution in [2.45, 2.75) is 6.92 Å². The Balaban J connectivity index is 2.29. The van der Waals surface area contributed by atoms with Crippen LogP contribution >= 0.6 is 0 Å². The molecule has 1 heterocycles. The number of amides is 1. The van der Waals surface area contributed by atoms with Gasteiger partial charge >= 0.3 is 0 Å². The lowest BCUT2D eigenvalue weighted by atomic mass is 10.1. The molecule has 0 aliphatic heterocycles. The maximum Gasteiger partial charge on any atom is 0.259 e. The molecule has 1 aromatic carbocycles. The van der Waals surface area contributed by atoms with E-state index >= 15 is 0 Å². The molecule has 0 bridgehead atoms. The second-order valence-corrected chi connectivity index (χ2v) is 4.06. The molecule has 0 radical (unpaired) electrons. The van der Waals surface area contributed by atoms with Gasteiger partial charge in [-0.25, -0.2) is 4.39 Å². The molecule has 1 aromatic heterocycles. The minimum Gasteiger partial charge on any atom is -0.321 e. The van der Waals surface area contributed by atoms with Crippen LogP contribution in [0.15, 0.2) is 24.4 Å². The number of nitrogens with zero attached hydrogens (tertiary/aromatic N) is 3. The highest BCUT2D eigenvalue weighted by atomic mass is 19.1. The van der Waals surface area contributed by atoms with Gasteiger partial charge in [0.25, 0.3) is 5.91 Å². The molecule has 0 aliphatic carbocycles. The number of benzene rings is 1. The molecule has 0 unspecified atom stereocenters. The van der Waals surface area contributed by atoms with Gasteiger partial charge in [-0.1, -0.05) is 0 Å². The molecule has 0 saturated heterocycles. The molecular formula is C13H11FN4O. The normalized spacial score (nSPS) is 10.0. The molecule has 0 aliphatic rings. The van der Waals surface area contributed by atoms with E-state index in [4.69, 9.17) is 5.26 Å². The van der Waals surface area contributed by atoms with Crippen LogP contribution in [-0.2, 0) is 7.05 Å². The molecule has 1 amide bonds. The molecule has 19 heavy (non-hydrogen) atoms. The first-order valence-electron chi connectivity index (χ1n) is 5.52. The van der Waals surface area contributed by atoms with Gasteiger partial charge in [-0.3, -0.25) is 9.48 Å². The summed E-state index contributed by atoms with van der Waals surface area (Å²) in [6, 6.07) is 5.46. The summed E-state index contributed by atoms with van der Waals surface area (Å²) in [5.74, 6) is -0.902. The molecule has 5 nitrogen and oxygen atoms in total. The monoisotopic (exact) mass is 258 g/mol.